The lowest BCUT2D eigenvalue weighted by molar-refractivity contribution is -0.0211. The minimum atomic E-state index is -0.519. The van der Waals surface area contributed by atoms with E-state index in [4.69, 9.17) is 10.5 Å². The molecule has 0 spiro atoms. The van der Waals surface area contributed by atoms with Crippen LogP contribution in [0.2, 0.25) is 0 Å². The molecule has 1 saturated heterocycles. The van der Waals surface area contributed by atoms with Crippen molar-refractivity contribution in [2.75, 3.05) is 26.7 Å². The number of morpholine rings is 1. The molecule has 2 aliphatic heterocycles. The Morgan fingerprint density at radius 2 is 2.21 bits per heavy atom. The largest absolute Gasteiger partial charge is 0.376 e. The Bertz CT molecular complexity index is 969. The van der Waals surface area contributed by atoms with Gasteiger partial charge in [0.2, 0.25) is 0 Å². The number of nitrogens with two attached hydrogens (primary N) is 1. The van der Waals surface area contributed by atoms with Gasteiger partial charge in [0.05, 0.1) is 18.2 Å². The average molecular weight is 379 g/mol. The topological polar surface area (TPSA) is 84.0 Å². The van der Waals surface area contributed by atoms with Gasteiger partial charge in [0.15, 0.2) is 0 Å². The van der Waals surface area contributed by atoms with Crippen molar-refractivity contribution in [1.82, 2.24) is 14.9 Å². The van der Waals surface area contributed by atoms with Gasteiger partial charge in [-0.15, -0.1) is 0 Å². The Morgan fingerprint density at radius 3 is 2.96 bits per heavy atom. The molecule has 0 radical (unpaired) electrons. The normalized spacial score (nSPS) is 20.4. The van der Waals surface area contributed by atoms with Crippen molar-refractivity contribution in [2.45, 2.75) is 26.0 Å². The van der Waals surface area contributed by atoms with Crippen LogP contribution in [0.1, 0.15) is 35.0 Å². The van der Waals surface area contributed by atoms with Crippen molar-refractivity contribution in [2.24, 2.45) is 10.8 Å². The van der Waals surface area contributed by atoms with Gasteiger partial charge in [-0.25, -0.2) is 4.98 Å². The average Bonchev–Trinajstić information content (AvgIpc) is 2.67. The van der Waals surface area contributed by atoms with Crippen LogP contribution in [0.4, 0.5) is 0 Å². The first-order valence-corrected chi connectivity index (χ1v) is 9.53. The van der Waals surface area contributed by atoms with Gasteiger partial charge in [-0.1, -0.05) is 12.1 Å². The number of benzene rings is 1. The highest BCUT2D eigenvalue weighted by molar-refractivity contribution is 6.00. The predicted molar refractivity (Wildman–Crippen MR) is 110 cm³/mol. The summed E-state index contributed by atoms with van der Waals surface area (Å²) in [5.74, 6) is -0.519. The number of nitrogens with zero attached hydrogens (tertiary/aromatic N) is 4. The summed E-state index contributed by atoms with van der Waals surface area (Å²) in [5.41, 5.74) is 9.85. The zero-order valence-electron chi connectivity index (χ0n) is 16.3. The third kappa shape index (κ3) is 3.90. The summed E-state index contributed by atoms with van der Waals surface area (Å²) >= 11 is 0. The van der Waals surface area contributed by atoms with Gasteiger partial charge < -0.3 is 10.5 Å². The van der Waals surface area contributed by atoms with E-state index in [0.717, 1.165) is 53.8 Å². The molecule has 4 rings (SSSR count). The van der Waals surface area contributed by atoms with Gasteiger partial charge >= 0.3 is 0 Å². The summed E-state index contributed by atoms with van der Waals surface area (Å²) in [7, 11) is 1.88. The third-order valence-corrected chi connectivity index (χ3v) is 5.12. The Kier molecular flexibility index (Phi) is 5.11. The number of ether oxygens (including phenoxy) is 1. The van der Waals surface area contributed by atoms with E-state index in [1.807, 2.05) is 19.5 Å². The molecule has 0 bridgehead atoms. The molecule has 2 aliphatic rings. The van der Waals surface area contributed by atoms with Crippen LogP contribution in [0.3, 0.4) is 0 Å². The first-order chi connectivity index (χ1) is 13.5. The van der Waals surface area contributed by atoms with Crippen LogP contribution in [0, 0.1) is 0 Å². The highest BCUT2D eigenvalue weighted by Gasteiger charge is 2.18. The maximum atomic E-state index is 11.9. The van der Waals surface area contributed by atoms with Crippen molar-refractivity contribution in [1.29, 1.82) is 0 Å². The number of hydrogen-bond donors (Lipinski definition) is 1. The second-order valence-electron chi connectivity index (χ2n) is 7.42. The number of carbonyl (C=O) groups is 1. The lowest BCUT2D eigenvalue weighted by Gasteiger charge is -2.31. The minimum absolute atomic E-state index is 0.247. The highest BCUT2D eigenvalue weighted by Crippen LogP contribution is 2.29. The number of pyridine rings is 1. The zero-order chi connectivity index (χ0) is 19.7. The Morgan fingerprint density at radius 1 is 1.36 bits per heavy atom. The highest BCUT2D eigenvalue weighted by atomic mass is 16.5. The standard InChI is InChI=1S/C21H25N5O2/c1-14-11-26(7-8-28-14)12-15-3-4-17-18(16-5-6-23-25(2)13-16)10-20(21(22)27)24-19(17)9-15/h3-4,6,9-10,13-14H,5,7-8,11-12H2,1-2H3,(H2,22,27)/t14-/m1/s1. The van der Waals surface area contributed by atoms with E-state index >= 15 is 0 Å². The van der Waals surface area contributed by atoms with Crippen LogP contribution in [-0.4, -0.2) is 59.9 Å². The Labute approximate surface area is 164 Å². The lowest BCUT2D eigenvalue weighted by atomic mass is 9.97. The molecule has 0 saturated carbocycles. The molecule has 2 N–H and O–H groups in total. The first kappa shape index (κ1) is 18.6. The number of aromatic nitrogens is 1. The SMILES string of the molecule is C[C@@H]1CN(Cc2ccc3c(C4=CN(C)N=CC4)cc(C(N)=O)nc3c2)CCO1. The number of hydrazone groups is 1. The molecular formula is C21H25N5O2. The molecule has 1 aromatic heterocycles. The Balaban J connectivity index is 1.72. The second-order valence-corrected chi connectivity index (χ2v) is 7.42. The third-order valence-electron chi connectivity index (χ3n) is 5.12. The van der Waals surface area contributed by atoms with E-state index in [9.17, 15) is 4.79 Å². The van der Waals surface area contributed by atoms with Crippen LogP contribution < -0.4 is 5.73 Å². The molecule has 1 aromatic carbocycles. The lowest BCUT2D eigenvalue weighted by Crippen LogP contribution is -2.40. The van der Waals surface area contributed by atoms with E-state index in [1.54, 1.807) is 11.1 Å². The number of fused-ring (bicyclic) bond motifs is 1. The van der Waals surface area contributed by atoms with Crippen LogP contribution in [0.25, 0.3) is 16.5 Å². The molecule has 3 heterocycles. The quantitative estimate of drug-likeness (QED) is 0.881. The van der Waals surface area contributed by atoms with Crippen LogP contribution in [-0.2, 0) is 11.3 Å². The number of primary amides is 1. The summed E-state index contributed by atoms with van der Waals surface area (Å²) in [6.07, 6.45) is 4.79. The zero-order valence-corrected chi connectivity index (χ0v) is 16.3. The van der Waals surface area contributed by atoms with Crippen molar-refractivity contribution >= 4 is 28.6 Å². The molecule has 2 aromatic rings. The molecular weight excluding hydrogens is 354 g/mol. The molecule has 1 amide bonds. The van der Waals surface area contributed by atoms with Gasteiger partial charge in [-0.05, 0) is 35.8 Å². The van der Waals surface area contributed by atoms with E-state index in [2.05, 4.69) is 40.1 Å². The maximum Gasteiger partial charge on any atom is 0.267 e. The fourth-order valence-electron chi connectivity index (χ4n) is 3.82. The minimum Gasteiger partial charge on any atom is -0.376 e. The van der Waals surface area contributed by atoms with E-state index in [-0.39, 0.29) is 11.8 Å². The number of hydrogen-bond acceptors (Lipinski definition) is 6. The predicted octanol–water partition coefficient (Wildman–Crippen LogP) is 2.22. The fourth-order valence-corrected chi connectivity index (χ4v) is 3.82. The van der Waals surface area contributed by atoms with Gasteiger partial charge in [0.1, 0.15) is 5.69 Å². The van der Waals surface area contributed by atoms with Gasteiger partial charge in [0, 0.05) is 50.9 Å². The summed E-state index contributed by atoms with van der Waals surface area (Å²) in [5, 5.41) is 7.02. The molecule has 0 aliphatic carbocycles. The molecule has 1 atom stereocenters. The monoisotopic (exact) mass is 379 g/mol. The molecule has 146 valence electrons. The van der Waals surface area contributed by atoms with Crippen LogP contribution in [0.15, 0.2) is 35.6 Å². The van der Waals surface area contributed by atoms with Crippen LogP contribution in [0.5, 0.6) is 0 Å². The van der Waals surface area contributed by atoms with Crippen LogP contribution >= 0.6 is 0 Å². The van der Waals surface area contributed by atoms with Gasteiger partial charge in [-0.2, -0.15) is 5.10 Å². The van der Waals surface area contributed by atoms with Crippen molar-refractivity contribution in [3.05, 3.63) is 47.3 Å². The summed E-state index contributed by atoms with van der Waals surface area (Å²) in [4.78, 5) is 18.8. The molecule has 7 nitrogen and oxygen atoms in total. The van der Waals surface area contributed by atoms with Crippen molar-refractivity contribution in [3.63, 3.8) is 0 Å². The Hall–Kier alpha value is -2.77. The molecule has 0 unspecified atom stereocenters. The van der Waals surface area contributed by atoms with Gasteiger partial charge in [-0.3, -0.25) is 14.7 Å². The number of carbonyl (C=O) groups excluding carboxylic acids is 1. The summed E-state index contributed by atoms with van der Waals surface area (Å²) in [6, 6.07) is 8.08. The van der Waals surface area contributed by atoms with E-state index < -0.39 is 5.91 Å². The second kappa shape index (κ2) is 7.69. The van der Waals surface area contributed by atoms with Crippen molar-refractivity contribution in [3.8, 4) is 0 Å². The smallest absolute Gasteiger partial charge is 0.267 e. The number of amides is 1. The van der Waals surface area contributed by atoms with Gasteiger partial charge in [0.25, 0.3) is 5.91 Å². The number of rotatable bonds is 4. The number of allylic oxidation sites excluding steroid dienone is 1. The molecule has 7 heteroatoms. The first-order valence-electron chi connectivity index (χ1n) is 9.53. The molecule has 1 fully saturated rings. The summed E-state index contributed by atoms with van der Waals surface area (Å²) < 4.78 is 5.62. The van der Waals surface area contributed by atoms with E-state index in [0.29, 0.717) is 6.42 Å². The van der Waals surface area contributed by atoms with Crippen molar-refractivity contribution < 1.29 is 9.53 Å². The maximum absolute atomic E-state index is 11.9. The van der Waals surface area contributed by atoms with E-state index in [1.165, 1.54) is 0 Å². The fraction of sp³-hybridized carbons (Fsp3) is 0.381. The summed E-state index contributed by atoms with van der Waals surface area (Å²) in [6.45, 7) is 5.51. The molecule has 28 heavy (non-hydrogen) atoms.